The lowest BCUT2D eigenvalue weighted by atomic mass is 9.99. The first-order chi connectivity index (χ1) is 8.36. The number of hydrogen-bond donors (Lipinski definition) is 1. The molecule has 0 atom stereocenters. The largest absolute Gasteiger partial charge is 0.330 e. The van der Waals surface area contributed by atoms with Gasteiger partial charge >= 0.3 is 0 Å². The van der Waals surface area contributed by atoms with E-state index in [2.05, 4.69) is 16.3 Å². The fourth-order valence-corrected chi connectivity index (χ4v) is 4.32. The Labute approximate surface area is 109 Å². The van der Waals surface area contributed by atoms with Gasteiger partial charge < -0.3 is 5.73 Å². The summed E-state index contributed by atoms with van der Waals surface area (Å²) < 4.78 is 0. The number of aryl methyl sites for hydroxylation is 2. The average molecular weight is 265 g/mol. The van der Waals surface area contributed by atoms with Crippen molar-refractivity contribution in [3.8, 4) is 9.88 Å². The molecule has 3 nitrogen and oxygen atoms in total. The molecule has 0 amide bonds. The Morgan fingerprint density at radius 2 is 2.06 bits per heavy atom. The lowest BCUT2D eigenvalue weighted by molar-refractivity contribution is 0.697. The minimum atomic E-state index is 0.648. The van der Waals surface area contributed by atoms with Crippen LogP contribution in [0.3, 0.4) is 0 Å². The number of rotatable bonds is 3. The highest BCUT2D eigenvalue weighted by atomic mass is 32.1. The molecule has 1 aliphatic rings. The molecule has 0 radical (unpaired) electrons. The van der Waals surface area contributed by atoms with E-state index in [9.17, 15) is 0 Å². The highest BCUT2D eigenvalue weighted by Gasteiger charge is 2.16. The lowest BCUT2D eigenvalue weighted by Gasteiger charge is -2.08. The van der Waals surface area contributed by atoms with Crippen molar-refractivity contribution in [2.75, 3.05) is 6.54 Å². The zero-order chi connectivity index (χ0) is 11.7. The van der Waals surface area contributed by atoms with Crippen LogP contribution in [0.5, 0.6) is 0 Å². The predicted molar refractivity (Wildman–Crippen MR) is 72.6 cm³/mol. The Bertz CT molecular complexity index is 492. The van der Waals surface area contributed by atoms with Crippen LogP contribution in [-0.4, -0.2) is 16.7 Å². The van der Waals surface area contributed by atoms with Gasteiger partial charge in [-0.25, -0.2) is 0 Å². The smallest absolute Gasteiger partial charge is 0.157 e. The third kappa shape index (κ3) is 2.27. The minimum absolute atomic E-state index is 0.648. The maximum Gasteiger partial charge on any atom is 0.157 e. The fourth-order valence-electron chi connectivity index (χ4n) is 2.17. The molecule has 2 aromatic rings. The van der Waals surface area contributed by atoms with E-state index in [0.717, 1.165) is 16.4 Å². The van der Waals surface area contributed by atoms with Crippen molar-refractivity contribution in [3.05, 3.63) is 21.5 Å². The van der Waals surface area contributed by atoms with Gasteiger partial charge in [0.1, 0.15) is 5.01 Å². The SMILES string of the molecule is NCCc1nnc(-c2cc3c(s2)CCCC3)s1. The van der Waals surface area contributed by atoms with Crippen LogP contribution in [0.1, 0.15) is 28.3 Å². The van der Waals surface area contributed by atoms with Crippen molar-refractivity contribution in [3.63, 3.8) is 0 Å². The molecule has 2 N–H and O–H groups in total. The number of fused-ring (bicyclic) bond motifs is 1. The Balaban J connectivity index is 1.89. The van der Waals surface area contributed by atoms with Crippen molar-refractivity contribution in [1.29, 1.82) is 0 Å². The summed E-state index contributed by atoms with van der Waals surface area (Å²) >= 11 is 3.58. The van der Waals surface area contributed by atoms with Gasteiger partial charge in [-0.05, 0) is 43.9 Å². The third-order valence-electron chi connectivity index (χ3n) is 3.03. The second-order valence-corrected chi connectivity index (χ2v) is 6.50. The number of nitrogens with two attached hydrogens (primary N) is 1. The predicted octanol–water partition coefficient (Wildman–Crippen LogP) is 2.65. The summed E-state index contributed by atoms with van der Waals surface area (Å²) in [5, 5.41) is 10.6. The zero-order valence-electron chi connectivity index (χ0n) is 9.61. The van der Waals surface area contributed by atoms with Gasteiger partial charge in [-0.1, -0.05) is 11.3 Å². The van der Waals surface area contributed by atoms with Gasteiger partial charge in [0, 0.05) is 11.3 Å². The molecule has 0 spiro atoms. The molecule has 2 heterocycles. The van der Waals surface area contributed by atoms with Crippen LogP contribution in [0, 0.1) is 0 Å². The Morgan fingerprint density at radius 3 is 2.88 bits per heavy atom. The van der Waals surface area contributed by atoms with Gasteiger partial charge in [-0.2, -0.15) is 0 Å². The number of hydrogen-bond acceptors (Lipinski definition) is 5. The third-order valence-corrected chi connectivity index (χ3v) is 5.42. The van der Waals surface area contributed by atoms with Gasteiger partial charge in [-0.3, -0.25) is 0 Å². The highest BCUT2D eigenvalue weighted by molar-refractivity contribution is 7.21. The van der Waals surface area contributed by atoms with Gasteiger partial charge in [0.25, 0.3) is 0 Å². The lowest BCUT2D eigenvalue weighted by Crippen LogP contribution is -2.01. The van der Waals surface area contributed by atoms with E-state index in [1.807, 2.05) is 11.3 Å². The number of thiophene rings is 1. The van der Waals surface area contributed by atoms with E-state index < -0.39 is 0 Å². The molecule has 0 bridgehead atoms. The first kappa shape index (κ1) is 11.3. The standard InChI is InChI=1S/C12H15N3S2/c13-6-5-11-14-15-12(17-11)10-7-8-3-1-2-4-9(8)16-10/h7H,1-6,13H2. The van der Waals surface area contributed by atoms with Crippen LogP contribution in [0.25, 0.3) is 9.88 Å². The molecule has 0 fully saturated rings. The molecule has 1 aliphatic carbocycles. The molecule has 90 valence electrons. The van der Waals surface area contributed by atoms with Crippen molar-refractivity contribution in [2.24, 2.45) is 5.73 Å². The molecule has 0 unspecified atom stereocenters. The van der Waals surface area contributed by atoms with Crippen LogP contribution >= 0.6 is 22.7 Å². The van der Waals surface area contributed by atoms with Crippen LogP contribution in [0.15, 0.2) is 6.07 Å². The summed E-state index contributed by atoms with van der Waals surface area (Å²) in [6, 6.07) is 2.31. The molecule has 2 aromatic heterocycles. The van der Waals surface area contributed by atoms with Crippen molar-refractivity contribution < 1.29 is 0 Å². The molecule has 0 saturated heterocycles. The summed E-state index contributed by atoms with van der Waals surface area (Å²) in [7, 11) is 0. The van der Waals surface area contributed by atoms with E-state index >= 15 is 0 Å². The first-order valence-electron chi connectivity index (χ1n) is 6.01. The summed E-state index contributed by atoms with van der Waals surface area (Å²) in [6.07, 6.45) is 5.98. The van der Waals surface area contributed by atoms with Crippen molar-refractivity contribution in [1.82, 2.24) is 10.2 Å². The van der Waals surface area contributed by atoms with Gasteiger partial charge in [-0.15, -0.1) is 21.5 Å². The van der Waals surface area contributed by atoms with Gasteiger partial charge in [0.2, 0.25) is 0 Å². The number of nitrogens with zero attached hydrogens (tertiary/aromatic N) is 2. The average Bonchev–Trinajstić information content (AvgIpc) is 2.94. The Hall–Kier alpha value is -0.780. The van der Waals surface area contributed by atoms with E-state index in [0.29, 0.717) is 6.54 Å². The monoisotopic (exact) mass is 265 g/mol. The molecule has 5 heteroatoms. The van der Waals surface area contributed by atoms with Gasteiger partial charge in [0.15, 0.2) is 5.01 Å². The highest BCUT2D eigenvalue weighted by Crippen LogP contribution is 2.36. The molecular formula is C12H15N3S2. The maximum absolute atomic E-state index is 5.53. The van der Waals surface area contributed by atoms with Crippen LogP contribution in [0.4, 0.5) is 0 Å². The van der Waals surface area contributed by atoms with Gasteiger partial charge in [0.05, 0.1) is 4.88 Å². The first-order valence-corrected chi connectivity index (χ1v) is 7.64. The van der Waals surface area contributed by atoms with E-state index in [4.69, 9.17) is 5.73 Å². The second-order valence-electron chi connectivity index (χ2n) is 4.31. The maximum atomic E-state index is 5.53. The molecule has 0 aliphatic heterocycles. The molecule has 17 heavy (non-hydrogen) atoms. The Kier molecular flexibility index (Phi) is 3.22. The minimum Gasteiger partial charge on any atom is -0.330 e. The summed E-state index contributed by atoms with van der Waals surface area (Å²) in [5.41, 5.74) is 7.06. The molecule has 0 saturated carbocycles. The van der Waals surface area contributed by atoms with Crippen molar-refractivity contribution >= 4 is 22.7 Å². The molecule has 0 aromatic carbocycles. The fraction of sp³-hybridized carbons (Fsp3) is 0.500. The second kappa shape index (κ2) is 4.84. The summed E-state index contributed by atoms with van der Waals surface area (Å²) in [6.45, 7) is 0.648. The normalized spacial score (nSPS) is 14.9. The number of aromatic nitrogens is 2. The summed E-state index contributed by atoms with van der Waals surface area (Å²) in [5.74, 6) is 0. The van der Waals surface area contributed by atoms with Crippen LogP contribution in [-0.2, 0) is 19.3 Å². The van der Waals surface area contributed by atoms with E-state index in [-0.39, 0.29) is 0 Å². The topological polar surface area (TPSA) is 51.8 Å². The zero-order valence-corrected chi connectivity index (χ0v) is 11.2. The summed E-state index contributed by atoms with van der Waals surface area (Å²) in [4.78, 5) is 2.85. The van der Waals surface area contributed by atoms with Crippen LogP contribution < -0.4 is 5.73 Å². The van der Waals surface area contributed by atoms with E-state index in [1.54, 1.807) is 16.2 Å². The van der Waals surface area contributed by atoms with Crippen molar-refractivity contribution in [2.45, 2.75) is 32.1 Å². The van der Waals surface area contributed by atoms with Crippen LogP contribution in [0.2, 0.25) is 0 Å². The quantitative estimate of drug-likeness (QED) is 0.928. The molecular weight excluding hydrogens is 250 g/mol. The van der Waals surface area contributed by atoms with E-state index in [1.165, 1.54) is 36.1 Å². The Morgan fingerprint density at radius 1 is 1.18 bits per heavy atom. The molecule has 3 rings (SSSR count).